The SMILES string of the molecule is N#Cc1cnn2ccn(Cc3cc(Cl)cc(Br)c3)c12. The molecule has 2 aromatic heterocycles. The van der Waals surface area contributed by atoms with Crippen molar-refractivity contribution in [1.29, 1.82) is 5.26 Å². The van der Waals surface area contributed by atoms with E-state index in [4.69, 9.17) is 16.9 Å². The number of hydrogen-bond donors (Lipinski definition) is 0. The van der Waals surface area contributed by atoms with Gasteiger partial charge < -0.3 is 4.57 Å². The Labute approximate surface area is 123 Å². The fraction of sp³-hybridized carbons (Fsp3) is 0.0769. The third-order valence-electron chi connectivity index (χ3n) is 2.82. The molecule has 0 aliphatic rings. The van der Waals surface area contributed by atoms with Crippen LogP contribution in [-0.2, 0) is 6.54 Å². The van der Waals surface area contributed by atoms with Crippen LogP contribution in [0.5, 0.6) is 0 Å². The molecule has 0 fully saturated rings. The number of imidazole rings is 1. The molecule has 0 radical (unpaired) electrons. The number of halogens is 2. The number of rotatable bonds is 2. The molecule has 0 bridgehead atoms. The van der Waals surface area contributed by atoms with Crippen molar-refractivity contribution in [2.24, 2.45) is 0 Å². The number of nitriles is 1. The first-order valence-electron chi connectivity index (χ1n) is 5.55. The third-order valence-corrected chi connectivity index (χ3v) is 3.50. The van der Waals surface area contributed by atoms with E-state index in [2.05, 4.69) is 27.1 Å². The van der Waals surface area contributed by atoms with Crippen LogP contribution in [-0.4, -0.2) is 14.2 Å². The number of nitrogens with zero attached hydrogens (tertiary/aromatic N) is 4. The lowest BCUT2D eigenvalue weighted by atomic mass is 10.2. The van der Waals surface area contributed by atoms with E-state index in [1.807, 2.05) is 35.2 Å². The van der Waals surface area contributed by atoms with Crippen molar-refractivity contribution in [1.82, 2.24) is 14.2 Å². The fourth-order valence-corrected chi connectivity index (χ4v) is 3.00. The Hall–Kier alpha value is -1.77. The van der Waals surface area contributed by atoms with Gasteiger partial charge in [-0.2, -0.15) is 10.4 Å². The molecule has 0 aliphatic carbocycles. The van der Waals surface area contributed by atoms with Crippen LogP contribution < -0.4 is 0 Å². The van der Waals surface area contributed by atoms with Gasteiger partial charge >= 0.3 is 0 Å². The minimum Gasteiger partial charge on any atom is -0.326 e. The van der Waals surface area contributed by atoms with Crippen LogP contribution in [0.15, 0.2) is 41.3 Å². The van der Waals surface area contributed by atoms with E-state index < -0.39 is 0 Å². The second kappa shape index (κ2) is 4.72. The van der Waals surface area contributed by atoms with Crippen LogP contribution in [0, 0.1) is 11.3 Å². The van der Waals surface area contributed by atoms with E-state index in [1.54, 1.807) is 10.7 Å². The molecule has 0 N–H and O–H groups in total. The van der Waals surface area contributed by atoms with Crippen LogP contribution in [0.1, 0.15) is 11.1 Å². The lowest BCUT2D eigenvalue weighted by molar-refractivity contribution is 0.824. The standard InChI is InChI=1S/C13H8BrClN4/c14-11-3-9(4-12(15)5-11)8-18-1-2-19-13(18)10(6-16)7-17-19/h1-5,7H,8H2. The molecular formula is C13H8BrClN4. The number of fused-ring (bicyclic) bond motifs is 1. The summed E-state index contributed by atoms with van der Waals surface area (Å²) in [6.07, 6.45) is 5.30. The second-order valence-electron chi connectivity index (χ2n) is 4.14. The highest BCUT2D eigenvalue weighted by Gasteiger charge is 2.09. The van der Waals surface area contributed by atoms with Crippen LogP contribution in [0.25, 0.3) is 5.65 Å². The van der Waals surface area contributed by atoms with Crippen molar-refractivity contribution in [3.05, 3.63) is 57.4 Å². The van der Waals surface area contributed by atoms with E-state index >= 15 is 0 Å². The fourth-order valence-electron chi connectivity index (χ4n) is 2.07. The van der Waals surface area contributed by atoms with Crippen molar-refractivity contribution in [2.45, 2.75) is 6.54 Å². The summed E-state index contributed by atoms with van der Waals surface area (Å²) in [6, 6.07) is 7.90. The second-order valence-corrected chi connectivity index (χ2v) is 5.49. The molecule has 0 saturated carbocycles. The first-order chi connectivity index (χ1) is 9.17. The Bertz CT molecular complexity index is 776. The van der Waals surface area contributed by atoms with Gasteiger partial charge in [-0.3, -0.25) is 0 Å². The highest BCUT2D eigenvalue weighted by atomic mass is 79.9. The Morgan fingerprint density at radius 3 is 2.89 bits per heavy atom. The van der Waals surface area contributed by atoms with Crippen molar-refractivity contribution in [3.8, 4) is 6.07 Å². The molecule has 2 heterocycles. The average Bonchev–Trinajstić information content (AvgIpc) is 2.91. The predicted molar refractivity (Wildman–Crippen MR) is 76.2 cm³/mol. The van der Waals surface area contributed by atoms with E-state index in [0.29, 0.717) is 17.1 Å². The molecule has 4 nitrogen and oxygen atoms in total. The molecule has 0 atom stereocenters. The smallest absolute Gasteiger partial charge is 0.154 e. The summed E-state index contributed by atoms with van der Waals surface area (Å²) in [5.41, 5.74) is 2.41. The topological polar surface area (TPSA) is 46.0 Å². The Morgan fingerprint density at radius 2 is 2.16 bits per heavy atom. The molecule has 3 aromatic rings. The van der Waals surface area contributed by atoms with Crippen molar-refractivity contribution < 1.29 is 0 Å². The van der Waals surface area contributed by atoms with Gasteiger partial charge in [-0.25, -0.2) is 4.52 Å². The Balaban J connectivity index is 2.06. The molecule has 0 unspecified atom stereocenters. The lowest BCUT2D eigenvalue weighted by Gasteiger charge is -2.05. The van der Waals surface area contributed by atoms with Crippen molar-refractivity contribution >= 4 is 33.2 Å². The molecule has 94 valence electrons. The first kappa shape index (κ1) is 12.3. The molecular weight excluding hydrogens is 328 g/mol. The molecule has 19 heavy (non-hydrogen) atoms. The summed E-state index contributed by atoms with van der Waals surface area (Å²) in [4.78, 5) is 0. The zero-order valence-electron chi connectivity index (χ0n) is 9.72. The maximum absolute atomic E-state index is 9.08. The number of aromatic nitrogens is 3. The lowest BCUT2D eigenvalue weighted by Crippen LogP contribution is -1.99. The highest BCUT2D eigenvalue weighted by Crippen LogP contribution is 2.21. The average molecular weight is 336 g/mol. The number of hydrogen-bond acceptors (Lipinski definition) is 2. The van der Waals surface area contributed by atoms with Gasteiger partial charge in [-0.05, 0) is 23.8 Å². The Morgan fingerprint density at radius 1 is 1.32 bits per heavy atom. The van der Waals surface area contributed by atoms with Gasteiger partial charge in [-0.1, -0.05) is 27.5 Å². The van der Waals surface area contributed by atoms with Gasteiger partial charge in [-0.15, -0.1) is 0 Å². The molecule has 1 aromatic carbocycles. The highest BCUT2D eigenvalue weighted by molar-refractivity contribution is 9.10. The molecule has 0 amide bonds. The summed E-state index contributed by atoms with van der Waals surface area (Å²) in [5.74, 6) is 0. The van der Waals surface area contributed by atoms with Crippen LogP contribution in [0.2, 0.25) is 5.02 Å². The quantitative estimate of drug-likeness (QED) is 0.720. The van der Waals surface area contributed by atoms with Gasteiger partial charge in [0.15, 0.2) is 5.65 Å². The predicted octanol–water partition coefficient (Wildman–Crippen LogP) is 3.47. The van der Waals surface area contributed by atoms with Crippen LogP contribution >= 0.6 is 27.5 Å². The van der Waals surface area contributed by atoms with Crippen molar-refractivity contribution in [3.63, 3.8) is 0 Å². The molecule has 6 heteroatoms. The summed E-state index contributed by atoms with van der Waals surface area (Å²) in [5, 5.41) is 13.9. The number of benzene rings is 1. The van der Waals surface area contributed by atoms with E-state index in [-0.39, 0.29) is 0 Å². The summed E-state index contributed by atoms with van der Waals surface area (Å²) < 4.78 is 4.61. The van der Waals surface area contributed by atoms with Gasteiger partial charge in [0.2, 0.25) is 0 Å². The zero-order valence-corrected chi connectivity index (χ0v) is 12.1. The molecule has 0 aliphatic heterocycles. The maximum atomic E-state index is 9.08. The minimum atomic E-state index is 0.561. The Kier molecular flexibility index (Phi) is 3.05. The summed E-state index contributed by atoms with van der Waals surface area (Å²) in [6.45, 7) is 0.635. The monoisotopic (exact) mass is 334 g/mol. The van der Waals surface area contributed by atoms with Crippen LogP contribution in [0.4, 0.5) is 0 Å². The first-order valence-corrected chi connectivity index (χ1v) is 6.72. The van der Waals surface area contributed by atoms with Crippen LogP contribution in [0.3, 0.4) is 0 Å². The van der Waals surface area contributed by atoms with Gasteiger partial charge in [0.25, 0.3) is 0 Å². The minimum absolute atomic E-state index is 0.561. The maximum Gasteiger partial charge on any atom is 0.154 e. The molecule has 3 rings (SSSR count). The molecule has 0 saturated heterocycles. The summed E-state index contributed by atoms with van der Waals surface area (Å²) in [7, 11) is 0. The van der Waals surface area contributed by atoms with E-state index in [9.17, 15) is 0 Å². The van der Waals surface area contributed by atoms with E-state index in [1.165, 1.54) is 0 Å². The van der Waals surface area contributed by atoms with E-state index in [0.717, 1.165) is 15.7 Å². The van der Waals surface area contributed by atoms with Gasteiger partial charge in [0.05, 0.1) is 6.20 Å². The largest absolute Gasteiger partial charge is 0.326 e. The van der Waals surface area contributed by atoms with Gasteiger partial charge in [0.1, 0.15) is 11.6 Å². The summed E-state index contributed by atoms with van der Waals surface area (Å²) >= 11 is 9.46. The normalized spacial score (nSPS) is 10.8. The van der Waals surface area contributed by atoms with Gasteiger partial charge in [0, 0.05) is 28.4 Å². The zero-order chi connectivity index (χ0) is 13.4. The van der Waals surface area contributed by atoms with Crippen molar-refractivity contribution in [2.75, 3.05) is 0 Å². The molecule has 0 spiro atoms. The third kappa shape index (κ3) is 2.25.